The monoisotopic (exact) mass is 700 g/mol. The molecule has 5 atom stereocenters. The van der Waals surface area contributed by atoms with Gasteiger partial charge < -0.3 is 34.0 Å². The van der Waals surface area contributed by atoms with Gasteiger partial charge >= 0.3 is 0 Å². The molecule has 2 saturated carbocycles. The van der Waals surface area contributed by atoms with Crippen LogP contribution in [0, 0.1) is 30.6 Å². The SMILES string of the molecule is C.CNCCCN(CC(C)C)Sc1ccc2nc(NC3CC3)oc2c1.COC1OCC2C1CCC(C)C2OC=O.COc1ccc(C)cc1. The maximum atomic E-state index is 10.5. The van der Waals surface area contributed by atoms with Crippen LogP contribution in [0.2, 0.25) is 0 Å². The van der Waals surface area contributed by atoms with Crippen molar-refractivity contribution in [2.45, 2.75) is 90.6 Å². The number of benzene rings is 2. The molecule has 1 aromatic heterocycles. The molecule has 5 unspecified atom stereocenters. The lowest BCUT2D eigenvalue weighted by Gasteiger charge is -2.36. The molecule has 0 amide bonds. The molecule has 10 nitrogen and oxygen atoms in total. The minimum atomic E-state index is -0.111. The van der Waals surface area contributed by atoms with Crippen LogP contribution in [0.5, 0.6) is 5.75 Å². The molecule has 2 aromatic carbocycles. The third-order valence-corrected chi connectivity index (χ3v) is 9.95. The molecule has 1 aliphatic heterocycles. The van der Waals surface area contributed by atoms with Crippen molar-refractivity contribution >= 4 is 35.5 Å². The Bertz CT molecular complexity index is 1370. The minimum Gasteiger partial charge on any atom is -0.497 e. The van der Waals surface area contributed by atoms with E-state index in [2.05, 4.69) is 65.8 Å². The number of oxazole rings is 1. The number of anilines is 1. The maximum absolute atomic E-state index is 10.5. The van der Waals surface area contributed by atoms with Crippen LogP contribution in [0.25, 0.3) is 11.1 Å². The molecule has 49 heavy (non-hydrogen) atoms. The van der Waals surface area contributed by atoms with Crippen molar-refractivity contribution in [2.24, 2.45) is 23.7 Å². The molecule has 0 bridgehead atoms. The van der Waals surface area contributed by atoms with Gasteiger partial charge in [0.2, 0.25) is 0 Å². The number of nitrogens with zero attached hydrogens (tertiary/aromatic N) is 2. The molecule has 274 valence electrons. The van der Waals surface area contributed by atoms with Gasteiger partial charge in [0.25, 0.3) is 12.5 Å². The van der Waals surface area contributed by atoms with Crippen LogP contribution in [0.3, 0.4) is 0 Å². The minimum absolute atomic E-state index is 0. The molecule has 2 aliphatic carbocycles. The second-order valence-corrected chi connectivity index (χ2v) is 14.6. The lowest BCUT2D eigenvalue weighted by Crippen LogP contribution is -2.40. The first-order valence-corrected chi connectivity index (χ1v) is 18.1. The molecular formula is C38H60N4O6S. The lowest BCUT2D eigenvalue weighted by atomic mass is 9.73. The maximum Gasteiger partial charge on any atom is 0.295 e. The molecule has 11 heteroatoms. The fourth-order valence-electron chi connectivity index (χ4n) is 6.19. The van der Waals surface area contributed by atoms with E-state index in [1.54, 1.807) is 14.2 Å². The van der Waals surface area contributed by atoms with E-state index < -0.39 is 0 Å². The molecule has 0 spiro atoms. The number of fused-ring (bicyclic) bond motifs is 2. The summed E-state index contributed by atoms with van der Waals surface area (Å²) < 4.78 is 29.3. The number of aryl methyl sites for hydroxylation is 1. The van der Waals surface area contributed by atoms with Crippen LogP contribution in [0.1, 0.15) is 65.9 Å². The fourth-order valence-corrected chi connectivity index (χ4v) is 7.37. The number of ether oxygens (including phenoxy) is 4. The van der Waals surface area contributed by atoms with Crippen LogP contribution < -0.4 is 15.4 Å². The first kappa shape index (κ1) is 40.6. The number of hydrogen-bond acceptors (Lipinski definition) is 11. The summed E-state index contributed by atoms with van der Waals surface area (Å²) in [6, 6.07) is 15.5. The highest BCUT2D eigenvalue weighted by atomic mass is 32.2. The fraction of sp³-hybridized carbons (Fsp3) is 0.632. The van der Waals surface area contributed by atoms with Crippen LogP contribution in [0.15, 0.2) is 51.8 Å². The van der Waals surface area contributed by atoms with E-state index in [1.165, 1.54) is 23.3 Å². The first-order valence-electron chi connectivity index (χ1n) is 17.3. The summed E-state index contributed by atoms with van der Waals surface area (Å²) in [7, 11) is 5.34. The average molecular weight is 701 g/mol. The lowest BCUT2D eigenvalue weighted by molar-refractivity contribution is -0.144. The Hall–Kier alpha value is -2.83. The van der Waals surface area contributed by atoms with Crippen LogP contribution in [-0.4, -0.2) is 81.7 Å². The quantitative estimate of drug-likeness (QED) is 0.0977. The standard InChI is InChI=1S/C18H28N4OS.C11H18O4.C8H10O.CH4/c1-13(2)12-22(10-4-9-19-3)24-15-7-8-16-17(11-15)23-18(21-16)20-14-5-6-14;1-7-3-4-8-9(10(7)15-6-12)5-14-11(8)13-2;1-7-3-5-8(9-2)6-4-7;/h7-8,11,13-14,19H,4-6,9-10,12H2,1-3H3,(H,20,21);6-11H,3-5H2,1-2H3;3-6H,1-2H3;1H4. The molecule has 0 radical (unpaired) electrons. The smallest absolute Gasteiger partial charge is 0.295 e. The second kappa shape index (κ2) is 20.7. The third-order valence-electron chi connectivity index (χ3n) is 8.89. The second-order valence-electron chi connectivity index (χ2n) is 13.4. The van der Waals surface area contributed by atoms with E-state index in [9.17, 15) is 4.79 Å². The predicted octanol–water partition coefficient (Wildman–Crippen LogP) is 7.81. The first-order chi connectivity index (χ1) is 23.2. The molecule has 3 aliphatic rings. The highest BCUT2D eigenvalue weighted by molar-refractivity contribution is 7.97. The van der Waals surface area contributed by atoms with E-state index >= 15 is 0 Å². The van der Waals surface area contributed by atoms with E-state index in [4.69, 9.17) is 23.4 Å². The third kappa shape index (κ3) is 12.8. The predicted molar refractivity (Wildman–Crippen MR) is 199 cm³/mol. The number of aromatic nitrogens is 1. The van der Waals surface area contributed by atoms with Crippen LogP contribution >= 0.6 is 11.9 Å². The Morgan fingerprint density at radius 1 is 1.08 bits per heavy atom. The molecule has 2 N–H and O–H groups in total. The number of nitrogens with one attached hydrogen (secondary N) is 2. The number of methoxy groups -OCH3 is 2. The van der Waals surface area contributed by atoms with E-state index in [0.29, 0.717) is 48.8 Å². The highest BCUT2D eigenvalue weighted by Gasteiger charge is 2.47. The molecule has 6 rings (SSSR count). The van der Waals surface area contributed by atoms with Crippen molar-refractivity contribution in [2.75, 3.05) is 52.8 Å². The molecular weight excluding hydrogens is 641 g/mol. The van der Waals surface area contributed by atoms with Gasteiger partial charge in [0.15, 0.2) is 11.9 Å². The van der Waals surface area contributed by atoms with Crippen molar-refractivity contribution in [1.82, 2.24) is 14.6 Å². The van der Waals surface area contributed by atoms with Gasteiger partial charge in [-0.2, -0.15) is 4.98 Å². The summed E-state index contributed by atoms with van der Waals surface area (Å²) in [5, 5.41) is 6.55. The summed E-state index contributed by atoms with van der Waals surface area (Å²) in [6.07, 6.45) is 5.65. The molecule has 2 heterocycles. The normalized spacial score (nSPS) is 22.7. The Labute approximate surface area is 298 Å². The highest BCUT2D eigenvalue weighted by Crippen LogP contribution is 2.42. The van der Waals surface area contributed by atoms with Crippen LogP contribution in [-0.2, 0) is 19.0 Å². The van der Waals surface area contributed by atoms with E-state index in [1.807, 2.05) is 43.3 Å². The number of rotatable bonds is 14. The summed E-state index contributed by atoms with van der Waals surface area (Å²) >= 11 is 1.82. The van der Waals surface area contributed by atoms with Gasteiger partial charge in [0.1, 0.15) is 17.4 Å². The van der Waals surface area contributed by atoms with Crippen molar-refractivity contribution in [3.8, 4) is 5.75 Å². The molecule has 3 aromatic rings. The largest absolute Gasteiger partial charge is 0.497 e. The van der Waals surface area contributed by atoms with E-state index in [0.717, 1.165) is 55.7 Å². The van der Waals surface area contributed by atoms with E-state index in [-0.39, 0.29) is 19.8 Å². The summed E-state index contributed by atoms with van der Waals surface area (Å²) in [5.41, 5.74) is 3.05. The van der Waals surface area contributed by atoms with Gasteiger partial charge in [-0.1, -0.05) is 45.9 Å². The van der Waals surface area contributed by atoms with Crippen molar-refractivity contribution in [1.29, 1.82) is 0 Å². The van der Waals surface area contributed by atoms with Gasteiger partial charge in [-0.05, 0) is 107 Å². The van der Waals surface area contributed by atoms with Crippen molar-refractivity contribution in [3.63, 3.8) is 0 Å². The van der Waals surface area contributed by atoms with Gasteiger partial charge in [-0.3, -0.25) is 4.79 Å². The van der Waals surface area contributed by atoms with Gasteiger partial charge in [-0.15, -0.1) is 0 Å². The number of hydrogen-bond donors (Lipinski definition) is 2. The van der Waals surface area contributed by atoms with Gasteiger partial charge in [0.05, 0.1) is 13.7 Å². The van der Waals surface area contributed by atoms with Crippen molar-refractivity contribution in [3.05, 3.63) is 48.0 Å². The van der Waals surface area contributed by atoms with Crippen LogP contribution in [0.4, 0.5) is 6.01 Å². The number of carbonyl (C=O) groups is 1. The number of carbonyl (C=O) groups excluding carboxylic acids is 1. The van der Waals surface area contributed by atoms with Crippen molar-refractivity contribution < 1.29 is 28.2 Å². The summed E-state index contributed by atoms with van der Waals surface area (Å²) in [6.45, 7) is 13.1. The average Bonchev–Trinajstić information content (AvgIpc) is 3.64. The Morgan fingerprint density at radius 3 is 2.47 bits per heavy atom. The van der Waals surface area contributed by atoms with Gasteiger partial charge in [0, 0.05) is 43.0 Å². The summed E-state index contributed by atoms with van der Waals surface area (Å²) in [5.74, 6) is 2.69. The Balaban J connectivity index is 0.000000221. The zero-order valence-electron chi connectivity index (χ0n) is 29.8. The summed E-state index contributed by atoms with van der Waals surface area (Å²) in [4.78, 5) is 16.2. The Kier molecular flexibility index (Phi) is 17.2. The zero-order valence-corrected chi connectivity index (χ0v) is 30.6. The topological polar surface area (TPSA) is 107 Å². The van der Waals surface area contributed by atoms with Gasteiger partial charge in [-0.25, -0.2) is 4.31 Å². The molecule has 3 fully saturated rings. The zero-order chi connectivity index (χ0) is 34.5. The Morgan fingerprint density at radius 2 is 1.84 bits per heavy atom. The molecule has 1 saturated heterocycles.